The first-order chi connectivity index (χ1) is 8.27. The highest BCUT2D eigenvalue weighted by Crippen LogP contribution is 2.19. The number of hydrogen-bond donors (Lipinski definition) is 1. The lowest BCUT2D eigenvalue weighted by Crippen LogP contribution is -2.47. The minimum absolute atomic E-state index is 0.459. The molecule has 2 atom stereocenters. The first-order valence-electron chi connectivity index (χ1n) is 7.75. The van der Waals surface area contributed by atoms with E-state index in [1.54, 1.807) is 0 Å². The van der Waals surface area contributed by atoms with Crippen LogP contribution in [0.1, 0.15) is 65.2 Å². The summed E-state index contributed by atoms with van der Waals surface area (Å²) >= 11 is 0. The Hall–Kier alpha value is -0.0800. The van der Waals surface area contributed by atoms with E-state index in [9.17, 15) is 0 Å². The van der Waals surface area contributed by atoms with Crippen LogP contribution in [0.5, 0.6) is 0 Å². The largest absolute Gasteiger partial charge is 0.327 e. The normalized spacial score (nSPS) is 26.3. The summed E-state index contributed by atoms with van der Waals surface area (Å²) in [4.78, 5) is 2.64. The summed E-state index contributed by atoms with van der Waals surface area (Å²) in [6, 6.07) is 0.459. The van der Waals surface area contributed by atoms with Crippen LogP contribution in [0.15, 0.2) is 0 Å². The van der Waals surface area contributed by atoms with Crippen LogP contribution < -0.4 is 5.73 Å². The lowest BCUT2D eigenvalue weighted by molar-refractivity contribution is 0.149. The average molecular weight is 240 g/mol. The molecule has 1 rings (SSSR count). The second kappa shape index (κ2) is 8.93. The van der Waals surface area contributed by atoms with Crippen molar-refractivity contribution in [1.29, 1.82) is 0 Å². The number of rotatable bonds is 8. The molecule has 2 nitrogen and oxygen atoms in total. The maximum Gasteiger partial charge on any atom is 0.00914 e. The maximum atomic E-state index is 6.13. The predicted octanol–water partition coefficient (Wildman–Crippen LogP) is 3.41. The third-order valence-corrected chi connectivity index (χ3v) is 4.23. The van der Waals surface area contributed by atoms with Gasteiger partial charge in [0.1, 0.15) is 0 Å². The maximum absolute atomic E-state index is 6.13. The molecule has 0 amide bonds. The molecule has 0 aromatic rings. The van der Waals surface area contributed by atoms with Crippen LogP contribution in [-0.2, 0) is 0 Å². The van der Waals surface area contributed by atoms with Gasteiger partial charge in [0.2, 0.25) is 0 Å². The van der Waals surface area contributed by atoms with Gasteiger partial charge >= 0.3 is 0 Å². The molecule has 1 heterocycles. The van der Waals surface area contributed by atoms with Gasteiger partial charge in [-0.3, -0.25) is 0 Å². The summed E-state index contributed by atoms with van der Waals surface area (Å²) in [6.07, 6.45) is 10.9. The topological polar surface area (TPSA) is 29.3 Å². The smallest absolute Gasteiger partial charge is 0.00914 e. The third kappa shape index (κ3) is 5.87. The SMILES string of the molecule is CCCCCCCCN1CCC(N)C(CC)C1. The zero-order valence-corrected chi connectivity index (χ0v) is 12.0. The molecule has 1 saturated heterocycles. The van der Waals surface area contributed by atoms with Crippen molar-refractivity contribution in [3.8, 4) is 0 Å². The highest BCUT2D eigenvalue weighted by atomic mass is 15.1. The Bertz CT molecular complexity index is 182. The Labute approximate surface area is 108 Å². The van der Waals surface area contributed by atoms with Crippen LogP contribution in [-0.4, -0.2) is 30.6 Å². The standard InChI is InChI=1S/C15H32N2/c1-3-5-6-7-8-9-11-17-12-10-15(16)14(4-2)13-17/h14-15H,3-13,16H2,1-2H3. The molecule has 0 aromatic heterocycles. The number of piperidine rings is 1. The van der Waals surface area contributed by atoms with Crippen LogP contribution >= 0.6 is 0 Å². The monoisotopic (exact) mass is 240 g/mol. The van der Waals surface area contributed by atoms with E-state index in [4.69, 9.17) is 5.73 Å². The van der Waals surface area contributed by atoms with E-state index in [0.717, 1.165) is 5.92 Å². The Morgan fingerprint density at radius 3 is 2.47 bits per heavy atom. The van der Waals surface area contributed by atoms with Gasteiger partial charge in [0.25, 0.3) is 0 Å². The Kier molecular flexibility index (Phi) is 7.87. The van der Waals surface area contributed by atoms with Crippen molar-refractivity contribution >= 4 is 0 Å². The Morgan fingerprint density at radius 1 is 1.06 bits per heavy atom. The van der Waals surface area contributed by atoms with Crippen LogP contribution in [0.25, 0.3) is 0 Å². The molecule has 102 valence electrons. The molecule has 0 radical (unpaired) electrons. The molecular formula is C15H32N2. The van der Waals surface area contributed by atoms with Crippen LogP contribution in [0.2, 0.25) is 0 Å². The van der Waals surface area contributed by atoms with Crippen molar-refractivity contribution < 1.29 is 0 Å². The van der Waals surface area contributed by atoms with E-state index >= 15 is 0 Å². The fourth-order valence-corrected chi connectivity index (χ4v) is 2.88. The summed E-state index contributed by atoms with van der Waals surface area (Å²) in [5.41, 5.74) is 6.13. The van der Waals surface area contributed by atoms with Crippen LogP contribution in [0.3, 0.4) is 0 Å². The van der Waals surface area contributed by atoms with Crippen molar-refractivity contribution in [1.82, 2.24) is 4.90 Å². The molecule has 0 aromatic carbocycles. The summed E-state index contributed by atoms with van der Waals surface area (Å²) in [5, 5.41) is 0. The summed E-state index contributed by atoms with van der Waals surface area (Å²) < 4.78 is 0. The van der Waals surface area contributed by atoms with Gasteiger partial charge in [-0.05, 0) is 31.8 Å². The number of nitrogens with zero attached hydrogens (tertiary/aromatic N) is 1. The second-order valence-electron chi connectivity index (χ2n) is 5.69. The molecule has 1 fully saturated rings. The van der Waals surface area contributed by atoms with Crippen molar-refractivity contribution in [3.63, 3.8) is 0 Å². The summed E-state index contributed by atoms with van der Waals surface area (Å²) in [7, 11) is 0. The van der Waals surface area contributed by atoms with E-state index in [1.165, 1.54) is 71.0 Å². The molecule has 1 aliphatic heterocycles. The third-order valence-electron chi connectivity index (χ3n) is 4.23. The van der Waals surface area contributed by atoms with Crippen molar-refractivity contribution in [3.05, 3.63) is 0 Å². The average Bonchev–Trinajstić information content (AvgIpc) is 2.35. The minimum Gasteiger partial charge on any atom is -0.327 e. The fraction of sp³-hybridized carbons (Fsp3) is 1.00. The van der Waals surface area contributed by atoms with E-state index in [0.29, 0.717) is 6.04 Å². The molecule has 0 spiro atoms. The lowest BCUT2D eigenvalue weighted by atomic mass is 9.90. The van der Waals surface area contributed by atoms with Gasteiger partial charge in [0, 0.05) is 12.6 Å². The quantitative estimate of drug-likeness (QED) is 0.659. The molecule has 0 aliphatic carbocycles. The van der Waals surface area contributed by atoms with E-state index in [1.807, 2.05) is 0 Å². The van der Waals surface area contributed by atoms with Gasteiger partial charge in [-0.2, -0.15) is 0 Å². The molecule has 17 heavy (non-hydrogen) atoms. The first-order valence-corrected chi connectivity index (χ1v) is 7.75. The lowest BCUT2D eigenvalue weighted by Gasteiger charge is -2.36. The zero-order chi connectivity index (χ0) is 12.5. The van der Waals surface area contributed by atoms with Crippen molar-refractivity contribution in [2.45, 2.75) is 71.3 Å². The summed E-state index contributed by atoms with van der Waals surface area (Å²) in [6.45, 7) is 8.33. The van der Waals surface area contributed by atoms with Crippen molar-refractivity contribution in [2.24, 2.45) is 11.7 Å². The van der Waals surface area contributed by atoms with Gasteiger partial charge in [0.05, 0.1) is 0 Å². The molecule has 2 unspecified atom stereocenters. The molecule has 2 N–H and O–H groups in total. The zero-order valence-electron chi connectivity index (χ0n) is 12.0. The summed E-state index contributed by atoms with van der Waals surface area (Å²) in [5.74, 6) is 0.740. The molecule has 0 saturated carbocycles. The molecule has 0 bridgehead atoms. The van der Waals surface area contributed by atoms with E-state index in [2.05, 4.69) is 18.7 Å². The van der Waals surface area contributed by atoms with Gasteiger partial charge in [-0.15, -0.1) is 0 Å². The van der Waals surface area contributed by atoms with Crippen LogP contribution in [0.4, 0.5) is 0 Å². The predicted molar refractivity (Wildman–Crippen MR) is 76.2 cm³/mol. The first kappa shape index (κ1) is 15.0. The van der Waals surface area contributed by atoms with Gasteiger partial charge in [0.15, 0.2) is 0 Å². The number of unbranched alkanes of at least 4 members (excludes halogenated alkanes) is 5. The van der Waals surface area contributed by atoms with Gasteiger partial charge in [-0.1, -0.05) is 52.4 Å². The van der Waals surface area contributed by atoms with Crippen LogP contribution in [0, 0.1) is 5.92 Å². The number of hydrogen-bond acceptors (Lipinski definition) is 2. The number of likely N-dealkylation sites (tertiary alicyclic amines) is 1. The molecule has 1 aliphatic rings. The Balaban J connectivity index is 2.03. The highest BCUT2D eigenvalue weighted by Gasteiger charge is 2.24. The van der Waals surface area contributed by atoms with E-state index in [-0.39, 0.29) is 0 Å². The highest BCUT2D eigenvalue weighted by molar-refractivity contribution is 4.81. The van der Waals surface area contributed by atoms with Gasteiger partial charge in [-0.25, -0.2) is 0 Å². The van der Waals surface area contributed by atoms with Gasteiger partial charge < -0.3 is 10.6 Å². The minimum atomic E-state index is 0.459. The van der Waals surface area contributed by atoms with E-state index < -0.39 is 0 Å². The molecular weight excluding hydrogens is 208 g/mol. The second-order valence-corrected chi connectivity index (χ2v) is 5.69. The molecule has 2 heteroatoms. The van der Waals surface area contributed by atoms with Crippen molar-refractivity contribution in [2.75, 3.05) is 19.6 Å². The Morgan fingerprint density at radius 2 is 1.76 bits per heavy atom. The fourth-order valence-electron chi connectivity index (χ4n) is 2.88. The number of nitrogens with two attached hydrogens (primary N) is 1.